The van der Waals surface area contributed by atoms with Crippen LogP contribution in [0.3, 0.4) is 0 Å². The maximum absolute atomic E-state index is 5.32. The fraction of sp³-hybridized carbons (Fsp3) is 0.333. The van der Waals surface area contributed by atoms with Gasteiger partial charge in [-0.15, -0.1) is 0 Å². The topological polar surface area (TPSA) is 21.3 Å². The van der Waals surface area contributed by atoms with E-state index in [9.17, 15) is 0 Å². The van der Waals surface area contributed by atoms with Crippen molar-refractivity contribution in [2.24, 2.45) is 0 Å². The Bertz CT molecular complexity index is 598. The molecule has 2 rings (SSSR count). The third kappa shape index (κ3) is 3.86. The minimum absolute atomic E-state index is 0.202. The van der Waals surface area contributed by atoms with Crippen LogP contribution >= 0.6 is 15.9 Å². The Kier molecular flexibility index (Phi) is 5.83. The van der Waals surface area contributed by atoms with Gasteiger partial charge < -0.3 is 10.1 Å². The lowest BCUT2D eigenvalue weighted by molar-refractivity contribution is 0.411. The lowest BCUT2D eigenvalue weighted by Crippen LogP contribution is -2.24. The molecule has 112 valence electrons. The molecule has 1 atom stereocenters. The van der Waals surface area contributed by atoms with Crippen LogP contribution in [0.5, 0.6) is 5.75 Å². The van der Waals surface area contributed by atoms with Gasteiger partial charge in [0.1, 0.15) is 5.75 Å². The van der Waals surface area contributed by atoms with Gasteiger partial charge in [-0.05, 0) is 64.6 Å². The van der Waals surface area contributed by atoms with Crippen LogP contribution in [0.25, 0.3) is 0 Å². The van der Waals surface area contributed by atoms with Gasteiger partial charge in [0.05, 0.1) is 17.6 Å². The van der Waals surface area contributed by atoms with Gasteiger partial charge in [-0.25, -0.2) is 0 Å². The van der Waals surface area contributed by atoms with E-state index in [1.54, 1.807) is 7.11 Å². The van der Waals surface area contributed by atoms with Crippen molar-refractivity contribution >= 4 is 15.9 Å². The summed E-state index contributed by atoms with van der Waals surface area (Å²) >= 11 is 3.58. The van der Waals surface area contributed by atoms with E-state index < -0.39 is 0 Å². The van der Waals surface area contributed by atoms with Gasteiger partial charge in [-0.1, -0.05) is 37.3 Å². The van der Waals surface area contributed by atoms with E-state index in [1.165, 1.54) is 16.7 Å². The molecule has 1 N–H and O–H groups in total. The van der Waals surface area contributed by atoms with E-state index in [1.807, 2.05) is 6.07 Å². The number of nitrogens with one attached hydrogen (secondary N) is 1. The fourth-order valence-corrected chi connectivity index (χ4v) is 3.03. The molecule has 0 aliphatic carbocycles. The van der Waals surface area contributed by atoms with Gasteiger partial charge in [0, 0.05) is 0 Å². The van der Waals surface area contributed by atoms with Crippen LogP contribution in [0, 0.1) is 6.92 Å². The lowest BCUT2D eigenvalue weighted by atomic mass is 9.95. The Labute approximate surface area is 135 Å². The summed E-state index contributed by atoms with van der Waals surface area (Å²) in [5.41, 5.74) is 3.87. The van der Waals surface area contributed by atoms with E-state index in [-0.39, 0.29) is 6.04 Å². The van der Waals surface area contributed by atoms with E-state index in [4.69, 9.17) is 4.74 Å². The summed E-state index contributed by atoms with van der Waals surface area (Å²) in [6.07, 6.45) is 1.11. The molecule has 3 heteroatoms. The zero-order valence-corrected chi connectivity index (χ0v) is 14.4. The second-order valence-electron chi connectivity index (χ2n) is 5.14. The maximum atomic E-state index is 5.32. The lowest BCUT2D eigenvalue weighted by Gasteiger charge is -2.22. The molecule has 1 unspecified atom stereocenters. The highest BCUT2D eigenvalue weighted by molar-refractivity contribution is 9.10. The molecular formula is C18H22BrNO. The Morgan fingerprint density at radius 2 is 1.95 bits per heavy atom. The number of ether oxygens (including phenoxy) is 1. The summed E-state index contributed by atoms with van der Waals surface area (Å²) in [6, 6.07) is 15.0. The molecule has 0 bridgehead atoms. The van der Waals surface area contributed by atoms with Crippen LogP contribution in [-0.2, 0) is 0 Å². The normalized spacial score (nSPS) is 12.2. The number of rotatable bonds is 6. The first kappa shape index (κ1) is 16.1. The molecule has 0 saturated carbocycles. The zero-order chi connectivity index (χ0) is 15.2. The summed E-state index contributed by atoms with van der Waals surface area (Å²) in [4.78, 5) is 0. The standard InChI is InChI=1S/C18H22BrNO/c1-4-11-20-18(15-8-6-5-7-13(15)2)14-9-10-17(21-3)16(19)12-14/h5-10,12,18,20H,4,11H2,1-3H3. The molecule has 21 heavy (non-hydrogen) atoms. The van der Waals surface area contributed by atoms with Crippen molar-refractivity contribution in [3.05, 3.63) is 63.6 Å². The second-order valence-corrected chi connectivity index (χ2v) is 5.99. The van der Waals surface area contributed by atoms with Gasteiger partial charge >= 0.3 is 0 Å². The van der Waals surface area contributed by atoms with Crippen molar-refractivity contribution in [2.45, 2.75) is 26.3 Å². The Balaban J connectivity index is 2.40. The SMILES string of the molecule is CCCNC(c1ccc(OC)c(Br)c1)c1ccccc1C. The Hall–Kier alpha value is -1.32. The summed E-state index contributed by atoms with van der Waals surface area (Å²) in [6.45, 7) is 5.34. The van der Waals surface area contributed by atoms with Crippen molar-refractivity contribution < 1.29 is 4.74 Å². The largest absolute Gasteiger partial charge is 0.496 e. The van der Waals surface area contributed by atoms with Gasteiger partial charge in [-0.3, -0.25) is 0 Å². The van der Waals surface area contributed by atoms with E-state index in [0.29, 0.717) is 0 Å². The van der Waals surface area contributed by atoms with Gasteiger partial charge in [0.15, 0.2) is 0 Å². The smallest absolute Gasteiger partial charge is 0.133 e. The first-order chi connectivity index (χ1) is 10.2. The second kappa shape index (κ2) is 7.62. The minimum atomic E-state index is 0.202. The van der Waals surface area contributed by atoms with Crippen molar-refractivity contribution in [2.75, 3.05) is 13.7 Å². The van der Waals surface area contributed by atoms with Crippen molar-refractivity contribution in [3.63, 3.8) is 0 Å². The molecule has 0 saturated heterocycles. The fourth-order valence-electron chi connectivity index (χ4n) is 2.47. The summed E-state index contributed by atoms with van der Waals surface area (Å²) < 4.78 is 6.31. The Morgan fingerprint density at radius 3 is 2.57 bits per heavy atom. The summed E-state index contributed by atoms with van der Waals surface area (Å²) in [5, 5.41) is 3.65. The number of hydrogen-bond acceptors (Lipinski definition) is 2. The zero-order valence-electron chi connectivity index (χ0n) is 12.8. The molecule has 0 aliphatic rings. The first-order valence-electron chi connectivity index (χ1n) is 7.29. The van der Waals surface area contributed by atoms with Gasteiger partial charge in [0.25, 0.3) is 0 Å². The molecule has 2 nitrogen and oxygen atoms in total. The summed E-state index contributed by atoms with van der Waals surface area (Å²) in [5.74, 6) is 0.859. The minimum Gasteiger partial charge on any atom is -0.496 e. The predicted octanol–water partition coefficient (Wildman–Crippen LogP) is 4.86. The van der Waals surface area contributed by atoms with Crippen molar-refractivity contribution in [1.82, 2.24) is 5.32 Å². The van der Waals surface area contributed by atoms with Crippen LogP contribution in [0.2, 0.25) is 0 Å². The molecule has 0 spiro atoms. The van der Waals surface area contributed by atoms with E-state index in [2.05, 4.69) is 71.5 Å². The number of hydrogen-bond donors (Lipinski definition) is 1. The maximum Gasteiger partial charge on any atom is 0.133 e. The van der Waals surface area contributed by atoms with Crippen molar-refractivity contribution in [1.29, 1.82) is 0 Å². The quantitative estimate of drug-likeness (QED) is 0.805. The highest BCUT2D eigenvalue weighted by Gasteiger charge is 2.16. The average Bonchev–Trinajstić information content (AvgIpc) is 2.49. The molecule has 2 aromatic rings. The average molecular weight is 348 g/mol. The van der Waals surface area contributed by atoms with Crippen LogP contribution in [0.15, 0.2) is 46.9 Å². The summed E-state index contributed by atoms with van der Waals surface area (Å²) in [7, 11) is 1.69. The van der Waals surface area contributed by atoms with Gasteiger partial charge in [0.2, 0.25) is 0 Å². The molecule has 2 aromatic carbocycles. The molecule has 0 aliphatic heterocycles. The van der Waals surface area contributed by atoms with Crippen LogP contribution in [0.1, 0.15) is 36.1 Å². The predicted molar refractivity (Wildman–Crippen MR) is 92.0 cm³/mol. The highest BCUT2D eigenvalue weighted by Crippen LogP contribution is 2.31. The third-order valence-corrected chi connectivity index (χ3v) is 4.23. The first-order valence-corrected chi connectivity index (χ1v) is 8.09. The van der Waals surface area contributed by atoms with Crippen LogP contribution in [-0.4, -0.2) is 13.7 Å². The number of methoxy groups -OCH3 is 1. The van der Waals surface area contributed by atoms with Crippen molar-refractivity contribution in [3.8, 4) is 5.75 Å². The van der Waals surface area contributed by atoms with E-state index in [0.717, 1.165) is 23.2 Å². The van der Waals surface area contributed by atoms with E-state index >= 15 is 0 Å². The molecule has 0 heterocycles. The molecule has 0 aromatic heterocycles. The number of benzene rings is 2. The molecule has 0 amide bonds. The number of halogens is 1. The van der Waals surface area contributed by atoms with Gasteiger partial charge in [-0.2, -0.15) is 0 Å². The third-order valence-electron chi connectivity index (χ3n) is 3.61. The number of aryl methyl sites for hydroxylation is 1. The molecule has 0 fully saturated rings. The molecule has 0 radical (unpaired) electrons. The Morgan fingerprint density at radius 1 is 1.19 bits per heavy atom. The molecular weight excluding hydrogens is 326 g/mol. The highest BCUT2D eigenvalue weighted by atomic mass is 79.9. The van der Waals surface area contributed by atoms with Crippen LogP contribution in [0.4, 0.5) is 0 Å². The van der Waals surface area contributed by atoms with Crippen LogP contribution < -0.4 is 10.1 Å². The monoisotopic (exact) mass is 347 g/mol.